The van der Waals surface area contributed by atoms with Crippen molar-refractivity contribution in [1.82, 2.24) is 0 Å². The summed E-state index contributed by atoms with van der Waals surface area (Å²) < 4.78 is 0. The van der Waals surface area contributed by atoms with Gasteiger partial charge in [0.1, 0.15) is 5.69 Å². The standard InChI is InChI=1S/C10H8N4/c11-13-14-12-10-7-3-5-8-4-1-2-6-9(8)10/h1-7,12H. The van der Waals surface area contributed by atoms with Gasteiger partial charge in [0, 0.05) is 5.39 Å². The Kier molecular flexibility index (Phi) is 2.21. The molecule has 0 aromatic heterocycles. The molecule has 0 fully saturated rings. The van der Waals surface area contributed by atoms with E-state index < -0.39 is 0 Å². The van der Waals surface area contributed by atoms with Crippen molar-refractivity contribution in [1.29, 1.82) is 0 Å². The molecule has 0 aliphatic heterocycles. The number of anilines is 1. The van der Waals surface area contributed by atoms with E-state index in [4.69, 9.17) is 5.53 Å². The number of nitrogens with zero attached hydrogens (tertiary/aromatic N) is 3. The molecule has 0 unspecified atom stereocenters. The maximum atomic E-state index is 8.20. The van der Waals surface area contributed by atoms with Crippen molar-refractivity contribution in [2.45, 2.75) is 0 Å². The fraction of sp³-hybridized carbons (Fsp3) is 0. The van der Waals surface area contributed by atoms with Crippen molar-refractivity contribution < 1.29 is 0 Å². The van der Waals surface area contributed by atoms with Gasteiger partial charge in [-0.1, -0.05) is 36.4 Å². The van der Waals surface area contributed by atoms with Crippen LogP contribution in [0.4, 0.5) is 5.69 Å². The highest BCUT2D eigenvalue weighted by atomic mass is 15.4. The molecule has 0 atom stereocenters. The molecule has 0 aliphatic rings. The molecule has 4 nitrogen and oxygen atoms in total. The normalized spacial score (nSPS) is 9.43. The Morgan fingerprint density at radius 3 is 2.71 bits per heavy atom. The first kappa shape index (κ1) is 8.41. The third-order valence-electron chi connectivity index (χ3n) is 2.00. The number of hydrogen-bond acceptors (Lipinski definition) is 1. The second-order valence-corrected chi connectivity index (χ2v) is 2.83. The zero-order chi connectivity index (χ0) is 9.80. The quantitative estimate of drug-likeness (QED) is 0.330. The van der Waals surface area contributed by atoms with Gasteiger partial charge in [0.05, 0.1) is 0 Å². The highest BCUT2D eigenvalue weighted by molar-refractivity contribution is 5.93. The lowest BCUT2D eigenvalue weighted by Crippen LogP contribution is -1.86. The Hall–Kier alpha value is -2.19. The summed E-state index contributed by atoms with van der Waals surface area (Å²) in [5.41, 5.74) is 11.7. The largest absolute Gasteiger partial charge is 0.227 e. The van der Waals surface area contributed by atoms with Crippen molar-refractivity contribution in [2.75, 3.05) is 5.43 Å². The van der Waals surface area contributed by atoms with Crippen molar-refractivity contribution in [3.63, 3.8) is 0 Å². The van der Waals surface area contributed by atoms with E-state index >= 15 is 0 Å². The number of hydrogen-bond donors (Lipinski definition) is 1. The van der Waals surface area contributed by atoms with Crippen molar-refractivity contribution in [3.05, 3.63) is 52.9 Å². The van der Waals surface area contributed by atoms with Gasteiger partial charge in [-0.2, -0.15) is 4.91 Å². The van der Waals surface area contributed by atoms with Crippen molar-refractivity contribution >= 4 is 16.5 Å². The average Bonchev–Trinajstić information content (AvgIpc) is 2.26. The Bertz CT molecular complexity index is 495. The summed E-state index contributed by atoms with van der Waals surface area (Å²) in [5.74, 6) is 0. The van der Waals surface area contributed by atoms with Crippen LogP contribution in [0.1, 0.15) is 0 Å². The van der Waals surface area contributed by atoms with Gasteiger partial charge in [0.15, 0.2) is 0 Å². The monoisotopic (exact) mass is 184 g/mol. The summed E-state index contributed by atoms with van der Waals surface area (Å²) in [6.07, 6.45) is 0. The number of benzene rings is 2. The average molecular weight is 184 g/mol. The Morgan fingerprint density at radius 1 is 1.07 bits per heavy atom. The van der Waals surface area contributed by atoms with E-state index in [9.17, 15) is 0 Å². The van der Waals surface area contributed by atoms with Gasteiger partial charge in [-0.3, -0.25) is 0 Å². The van der Waals surface area contributed by atoms with E-state index in [1.54, 1.807) is 0 Å². The number of fused-ring (bicyclic) bond motifs is 1. The molecule has 0 heterocycles. The van der Waals surface area contributed by atoms with Crippen molar-refractivity contribution in [3.8, 4) is 0 Å². The number of rotatable bonds is 2. The van der Waals surface area contributed by atoms with E-state index in [2.05, 4.69) is 15.6 Å². The van der Waals surface area contributed by atoms with E-state index in [0.29, 0.717) is 0 Å². The van der Waals surface area contributed by atoms with Crippen LogP contribution in [0.25, 0.3) is 21.2 Å². The first-order chi connectivity index (χ1) is 6.92. The fourth-order valence-corrected chi connectivity index (χ4v) is 1.40. The Balaban J connectivity index is 2.58. The zero-order valence-electron chi connectivity index (χ0n) is 7.38. The maximum Gasteiger partial charge on any atom is 0.135 e. The lowest BCUT2D eigenvalue weighted by molar-refractivity contribution is 1.31. The summed E-state index contributed by atoms with van der Waals surface area (Å²) in [7, 11) is 0. The van der Waals surface area contributed by atoms with E-state index in [1.165, 1.54) is 0 Å². The fourth-order valence-electron chi connectivity index (χ4n) is 1.40. The first-order valence-corrected chi connectivity index (χ1v) is 4.19. The molecule has 0 spiro atoms. The van der Waals surface area contributed by atoms with Crippen LogP contribution in [0.15, 0.2) is 47.7 Å². The maximum absolute atomic E-state index is 8.20. The molecule has 0 saturated heterocycles. The summed E-state index contributed by atoms with van der Waals surface area (Å²) in [6, 6.07) is 13.7. The highest BCUT2D eigenvalue weighted by Crippen LogP contribution is 2.22. The topological polar surface area (TPSA) is 60.8 Å². The SMILES string of the molecule is [N-]=[N+]=NNc1cccc2ccccc12. The molecular weight excluding hydrogens is 176 g/mol. The molecule has 0 saturated carbocycles. The van der Waals surface area contributed by atoms with Gasteiger partial charge >= 0.3 is 0 Å². The van der Waals surface area contributed by atoms with Crippen molar-refractivity contribution in [2.24, 2.45) is 5.22 Å². The van der Waals surface area contributed by atoms with E-state index in [0.717, 1.165) is 16.5 Å². The van der Waals surface area contributed by atoms with Crippen LogP contribution in [-0.4, -0.2) is 0 Å². The third kappa shape index (κ3) is 1.46. The highest BCUT2D eigenvalue weighted by Gasteiger charge is 1.99. The van der Waals surface area contributed by atoms with Gasteiger partial charge in [0.2, 0.25) is 0 Å². The predicted molar refractivity (Wildman–Crippen MR) is 56.7 cm³/mol. The molecule has 0 amide bonds. The molecule has 1 N–H and O–H groups in total. The van der Waals surface area contributed by atoms with Gasteiger partial charge < -0.3 is 0 Å². The summed E-state index contributed by atoms with van der Waals surface area (Å²) in [5, 5.41) is 5.48. The summed E-state index contributed by atoms with van der Waals surface area (Å²) in [4.78, 5) is 2.65. The van der Waals surface area contributed by atoms with Gasteiger partial charge in [0.25, 0.3) is 0 Å². The smallest absolute Gasteiger partial charge is 0.135 e. The molecule has 68 valence electrons. The minimum Gasteiger partial charge on any atom is -0.227 e. The van der Waals surface area contributed by atoms with Crippen LogP contribution >= 0.6 is 0 Å². The Morgan fingerprint density at radius 2 is 1.86 bits per heavy atom. The van der Waals surface area contributed by atoms with Gasteiger partial charge in [-0.15, -0.1) is 5.53 Å². The molecule has 0 aliphatic carbocycles. The lowest BCUT2D eigenvalue weighted by atomic mass is 10.1. The number of azide groups is 1. The predicted octanol–water partition coefficient (Wildman–Crippen LogP) is 3.48. The summed E-state index contributed by atoms with van der Waals surface area (Å²) in [6.45, 7) is 0. The molecule has 0 radical (unpaired) electrons. The van der Waals surface area contributed by atoms with Gasteiger partial charge in [-0.25, -0.2) is 5.43 Å². The molecule has 2 aromatic rings. The minimum atomic E-state index is 0.820. The first-order valence-electron chi connectivity index (χ1n) is 4.19. The van der Waals surface area contributed by atoms with Crippen LogP contribution < -0.4 is 5.43 Å². The second-order valence-electron chi connectivity index (χ2n) is 2.83. The molecule has 4 heteroatoms. The minimum absolute atomic E-state index is 0.820. The van der Waals surface area contributed by atoms with Gasteiger partial charge in [-0.05, 0) is 16.7 Å². The van der Waals surface area contributed by atoms with Crippen LogP contribution in [0.3, 0.4) is 0 Å². The van der Waals surface area contributed by atoms with Crippen LogP contribution in [0.5, 0.6) is 0 Å². The molecule has 2 aromatic carbocycles. The molecular formula is C10H8N4. The third-order valence-corrected chi connectivity index (χ3v) is 2.00. The molecule has 2 rings (SSSR count). The molecule has 0 bridgehead atoms. The lowest BCUT2D eigenvalue weighted by Gasteiger charge is -2.00. The summed E-state index contributed by atoms with van der Waals surface area (Å²) >= 11 is 0. The van der Waals surface area contributed by atoms with Crippen LogP contribution in [-0.2, 0) is 0 Å². The molecule has 14 heavy (non-hydrogen) atoms. The van der Waals surface area contributed by atoms with E-state index in [1.807, 2.05) is 42.5 Å². The zero-order valence-corrected chi connectivity index (χ0v) is 7.38. The Labute approximate surface area is 80.8 Å². The van der Waals surface area contributed by atoms with Crippen LogP contribution in [0.2, 0.25) is 0 Å². The van der Waals surface area contributed by atoms with E-state index in [-0.39, 0.29) is 0 Å². The van der Waals surface area contributed by atoms with Crippen LogP contribution in [0, 0.1) is 0 Å². The second kappa shape index (κ2) is 3.68. The number of nitrogens with one attached hydrogen (secondary N) is 1.